The van der Waals surface area contributed by atoms with Crippen LogP contribution in [0.15, 0.2) is 0 Å². The van der Waals surface area contributed by atoms with Crippen molar-refractivity contribution in [3.8, 4) is 0 Å². The van der Waals surface area contributed by atoms with Crippen molar-refractivity contribution in [2.45, 2.75) is 39.2 Å². The standard InChI is InChI=1S/C16H27N3O2.ClH/c1-3-4-11(2)19-10-12(5-15(19)20)16(21)18-8-13-6-17-7-14(13)9-18;/h11-14,17H,3-10H2,1-2H3;1H/t11?,12?,13-,14+;. The lowest BCUT2D eigenvalue weighted by Crippen LogP contribution is -2.39. The predicted octanol–water partition coefficient (Wildman–Crippen LogP) is 1.12. The first kappa shape index (κ1) is 17.5. The Balaban J connectivity index is 0.00000176. The Hall–Kier alpha value is -0.810. The van der Waals surface area contributed by atoms with Gasteiger partial charge in [-0.25, -0.2) is 0 Å². The molecule has 0 spiro atoms. The van der Waals surface area contributed by atoms with Crippen LogP contribution >= 0.6 is 12.4 Å². The summed E-state index contributed by atoms with van der Waals surface area (Å²) >= 11 is 0. The first-order chi connectivity index (χ1) is 10.1. The average Bonchev–Trinajstić information content (AvgIpc) is 3.11. The fourth-order valence-corrected chi connectivity index (χ4v) is 4.19. The maximum Gasteiger partial charge on any atom is 0.228 e. The second-order valence-corrected chi connectivity index (χ2v) is 7.01. The van der Waals surface area contributed by atoms with Crippen LogP contribution in [0.25, 0.3) is 0 Å². The molecular weight excluding hydrogens is 302 g/mol. The van der Waals surface area contributed by atoms with Crippen LogP contribution < -0.4 is 5.32 Å². The molecular formula is C16H28ClN3O2. The number of likely N-dealkylation sites (tertiary alicyclic amines) is 2. The van der Waals surface area contributed by atoms with Gasteiger partial charge in [0, 0.05) is 45.2 Å². The lowest BCUT2D eigenvalue weighted by atomic mass is 10.0. The van der Waals surface area contributed by atoms with E-state index in [0.29, 0.717) is 24.8 Å². The summed E-state index contributed by atoms with van der Waals surface area (Å²) in [7, 11) is 0. The molecule has 2 amide bonds. The molecule has 0 aromatic rings. The lowest BCUT2D eigenvalue weighted by Gasteiger charge is -2.25. The minimum absolute atomic E-state index is 0. The Labute approximate surface area is 139 Å². The normalized spacial score (nSPS) is 32.1. The molecule has 3 fully saturated rings. The zero-order valence-electron chi connectivity index (χ0n) is 13.6. The van der Waals surface area contributed by atoms with Gasteiger partial charge in [-0.3, -0.25) is 9.59 Å². The number of carbonyl (C=O) groups is 2. The van der Waals surface area contributed by atoms with E-state index in [1.807, 2.05) is 9.80 Å². The van der Waals surface area contributed by atoms with E-state index in [4.69, 9.17) is 0 Å². The summed E-state index contributed by atoms with van der Waals surface area (Å²) < 4.78 is 0. The van der Waals surface area contributed by atoms with Gasteiger partial charge in [0.15, 0.2) is 0 Å². The molecule has 3 heterocycles. The van der Waals surface area contributed by atoms with Crippen LogP contribution in [0.1, 0.15) is 33.1 Å². The minimum Gasteiger partial charge on any atom is -0.342 e. The van der Waals surface area contributed by atoms with E-state index in [9.17, 15) is 9.59 Å². The predicted molar refractivity (Wildman–Crippen MR) is 87.9 cm³/mol. The van der Waals surface area contributed by atoms with Crippen LogP contribution in [0.4, 0.5) is 0 Å². The minimum atomic E-state index is -0.108. The Bertz CT molecular complexity index is 420. The number of hydrogen-bond acceptors (Lipinski definition) is 3. The highest BCUT2D eigenvalue weighted by Crippen LogP contribution is 2.30. The van der Waals surface area contributed by atoms with Crippen molar-refractivity contribution in [3.63, 3.8) is 0 Å². The molecule has 0 aromatic carbocycles. The van der Waals surface area contributed by atoms with E-state index in [1.54, 1.807) is 0 Å². The van der Waals surface area contributed by atoms with Gasteiger partial charge in [0.1, 0.15) is 0 Å². The molecule has 3 aliphatic rings. The van der Waals surface area contributed by atoms with E-state index < -0.39 is 0 Å². The summed E-state index contributed by atoms with van der Waals surface area (Å²) in [6, 6.07) is 0.266. The number of nitrogens with one attached hydrogen (secondary N) is 1. The molecule has 0 bridgehead atoms. The van der Waals surface area contributed by atoms with Gasteiger partial charge in [0.05, 0.1) is 5.92 Å². The molecule has 5 nitrogen and oxygen atoms in total. The van der Waals surface area contributed by atoms with Gasteiger partial charge >= 0.3 is 0 Å². The van der Waals surface area contributed by atoms with Crippen LogP contribution in [0.3, 0.4) is 0 Å². The van der Waals surface area contributed by atoms with Gasteiger partial charge in [0.25, 0.3) is 0 Å². The largest absolute Gasteiger partial charge is 0.342 e. The van der Waals surface area contributed by atoms with Gasteiger partial charge in [0.2, 0.25) is 11.8 Å². The second kappa shape index (κ2) is 7.18. The molecule has 0 aromatic heterocycles. The molecule has 0 aliphatic carbocycles. The molecule has 1 N–H and O–H groups in total. The number of hydrogen-bond donors (Lipinski definition) is 1. The lowest BCUT2D eigenvalue weighted by molar-refractivity contribution is -0.135. The molecule has 126 valence electrons. The molecule has 3 aliphatic heterocycles. The topological polar surface area (TPSA) is 52.7 Å². The highest BCUT2D eigenvalue weighted by Gasteiger charge is 2.43. The fourth-order valence-electron chi connectivity index (χ4n) is 4.19. The van der Waals surface area contributed by atoms with E-state index >= 15 is 0 Å². The summed E-state index contributed by atoms with van der Waals surface area (Å²) in [5.74, 6) is 1.52. The highest BCUT2D eigenvalue weighted by molar-refractivity contribution is 5.89. The SMILES string of the molecule is CCCC(C)N1CC(C(=O)N2C[C@H]3CNC[C@H]3C2)CC1=O.Cl. The molecule has 6 heteroatoms. The first-order valence-corrected chi connectivity index (χ1v) is 8.39. The average molecular weight is 330 g/mol. The molecule has 0 saturated carbocycles. The van der Waals surface area contributed by atoms with Crippen molar-refractivity contribution >= 4 is 24.2 Å². The fraction of sp³-hybridized carbons (Fsp3) is 0.875. The van der Waals surface area contributed by atoms with Crippen molar-refractivity contribution in [2.75, 3.05) is 32.7 Å². The highest BCUT2D eigenvalue weighted by atomic mass is 35.5. The van der Waals surface area contributed by atoms with Gasteiger partial charge in [-0.1, -0.05) is 13.3 Å². The van der Waals surface area contributed by atoms with Gasteiger partial charge in [-0.2, -0.15) is 0 Å². The second-order valence-electron chi connectivity index (χ2n) is 7.01. The molecule has 3 rings (SSSR count). The molecule has 0 radical (unpaired) electrons. The maximum absolute atomic E-state index is 12.7. The Morgan fingerprint density at radius 2 is 1.91 bits per heavy atom. The Morgan fingerprint density at radius 3 is 2.50 bits per heavy atom. The summed E-state index contributed by atoms with van der Waals surface area (Å²) in [5.41, 5.74) is 0. The maximum atomic E-state index is 12.7. The number of rotatable bonds is 4. The summed E-state index contributed by atoms with van der Waals surface area (Å²) in [5, 5.41) is 3.40. The van der Waals surface area contributed by atoms with Crippen LogP contribution in [0, 0.1) is 17.8 Å². The smallest absolute Gasteiger partial charge is 0.228 e. The number of carbonyl (C=O) groups excluding carboxylic acids is 2. The molecule has 3 saturated heterocycles. The summed E-state index contributed by atoms with van der Waals surface area (Å²) in [6.45, 7) is 8.70. The first-order valence-electron chi connectivity index (χ1n) is 8.39. The molecule has 4 atom stereocenters. The number of fused-ring (bicyclic) bond motifs is 1. The van der Waals surface area contributed by atoms with E-state index in [1.165, 1.54) is 0 Å². The number of amides is 2. The van der Waals surface area contributed by atoms with Crippen LogP contribution in [0.5, 0.6) is 0 Å². The quantitative estimate of drug-likeness (QED) is 0.841. The Kier molecular flexibility index (Phi) is 5.72. The molecule has 2 unspecified atom stereocenters. The van der Waals surface area contributed by atoms with Crippen LogP contribution in [0.2, 0.25) is 0 Å². The summed E-state index contributed by atoms with van der Waals surface area (Å²) in [6.07, 6.45) is 2.51. The van der Waals surface area contributed by atoms with E-state index in [-0.39, 0.29) is 36.2 Å². The van der Waals surface area contributed by atoms with E-state index in [0.717, 1.165) is 39.0 Å². The van der Waals surface area contributed by atoms with Gasteiger partial charge in [-0.15, -0.1) is 12.4 Å². The van der Waals surface area contributed by atoms with E-state index in [2.05, 4.69) is 19.2 Å². The van der Waals surface area contributed by atoms with Crippen molar-refractivity contribution in [2.24, 2.45) is 17.8 Å². The van der Waals surface area contributed by atoms with Gasteiger partial charge < -0.3 is 15.1 Å². The van der Waals surface area contributed by atoms with Crippen molar-refractivity contribution in [3.05, 3.63) is 0 Å². The monoisotopic (exact) mass is 329 g/mol. The zero-order chi connectivity index (χ0) is 15.0. The van der Waals surface area contributed by atoms with Crippen molar-refractivity contribution in [1.82, 2.24) is 15.1 Å². The Morgan fingerprint density at radius 1 is 1.27 bits per heavy atom. The zero-order valence-corrected chi connectivity index (χ0v) is 14.4. The number of nitrogens with zero attached hydrogens (tertiary/aromatic N) is 2. The van der Waals surface area contributed by atoms with Crippen LogP contribution in [-0.2, 0) is 9.59 Å². The third-order valence-electron chi connectivity index (χ3n) is 5.45. The third kappa shape index (κ3) is 3.25. The summed E-state index contributed by atoms with van der Waals surface area (Å²) in [4.78, 5) is 28.8. The van der Waals surface area contributed by atoms with Gasteiger partial charge in [-0.05, 0) is 25.2 Å². The van der Waals surface area contributed by atoms with Crippen molar-refractivity contribution in [1.29, 1.82) is 0 Å². The third-order valence-corrected chi connectivity index (χ3v) is 5.45. The number of halogens is 1. The van der Waals surface area contributed by atoms with Crippen LogP contribution in [-0.4, -0.2) is 60.4 Å². The molecule has 22 heavy (non-hydrogen) atoms. The van der Waals surface area contributed by atoms with Crippen molar-refractivity contribution < 1.29 is 9.59 Å².